The van der Waals surface area contributed by atoms with E-state index >= 15 is 0 Å². The minimum atomic E-state index is 0.174. The number of para-hydroxylation sites is 2. The third-order valence-electron chi connectivity index (χ3n) is 4.84. The van der Waals surface area contributed by atoms with E-state index in [4.69, 9.17) is 4.42 Å². The molecule has 2 aromatic rings. The molecule has 4 heteroatoms. The van der Waals surface area contributed by atoms with Gasteiger partial charge in [0.15, 0.2) is 5.58 Å². The molecule has 2 aliphatic rings. The second kappa shape index (κ2) is 4.33. The van der Waals surface area contributed by atoms with Crippen LogP contribution in [0.15, 0.2) is 28.7 Å². The number of hydrogen-bond donors (Lipinski definition) is 0. The summed E-state index contributed by atoms with van der Waals surface area (Å²) in [5, 5.41) is 0. The van der Waals surface area contributed by atoms with Crippen molar-refractivity contribution in [2.24, 2.45) is 17.8 Å². The van der Waals surface area contributed by atoms with Crippen LogP contribution < -0.4 is 4.90 Å². The number of anilines is 1. The lowest BCUT2D eigenvalue weighted by molar-refractivity contribution is -0.120. The maximum absolute atomic E-state index is 12.6. The zero-order chi connectivity index (χ0) is 13.7. The average molecular weight is 270 g/mol. The Bertz CT molecular complexity index is 618. The van der Waals surface area contributed by atoms with Crippen LogP contribution >= 0.6 is 0 Å². The van der Waals surface area contributed by atoms with Crippen molar-refractivity contribution >= 4 is 23.0 Å². The normalized spacial score (nSPS) is 28.1. The molecule has 0 N–H and O–H groups in total. The summed E-state index contributed by atoms with van der Waals surface area (Å²) in [6.45, 7) is 0. The highest BCUT2D eigenvalue weighted by atomic mass is 16.4. The van der Waals surface area contributed by atoms with E-state index in [9.17, 15) is 4.79 Å². The van der Waals surface area contributed by atoms with Crippen molar-refractivity contribution in [2.75, 3.05) is 11.9 Å². The fourth-order valence-corrected chi connectivity index (χ4v) is 3.68. The Morgan fingerprint density at radius 3 is 2.65 bits per heavy atom. The molecule has 1 heterocycles. The van der Waals surface area contributed by atoms with Gasteiger partial charge in [-0.25, -0.2) is 0 Å². The lowest BCUT2D eigenvalue weighted by Crippen LogP contribution is -2.29. The minimum Gasteiger partial charge on any atom is -0.423 e. The van der Waals surface area contributed by atoms with Gasteiger partial charge >= 0.3 is 6.01 Å². The van der Waals surface area contributed by atoms with Crippen LogP contribution in [0.25, 0.3) is 11.1 Å². The predicted octanol–water partition coefficient (Wildman–Crippen LogP) is 3.23. The van der Waals surface area contributed by atoms with Crippen molar-refractivity contribution < 1.29 is 9.21 Å². The van der Waals surface area contributed by atoms with E-state index in [-0.39, 0.29) is 11.8 Å². The largest absolute Gasteiger partial charge is 0.423 e. The molecular formula is C16H18N2O2. The molecule has 0 unspecified atom stereocenters. The minimum absolute atomic E-state index is 0.174. The molecule has 4 nitrogen and oxygen atoms in total. The first kappa shape index (κ1) is 11.9. The topological polar surface area (TPSA) is 46.3 Å². The fraction of sp³-hybridized carbons (Fsp3) is 0.500. The highest BCUT2D eigenvalue weighted by molar-refractivity contribution is 5.95. The molecule has 1 aromatic carbocycles. The zero-order valence-electron chi connectivity index (χ0n) is 11.6. The van der Waals surface area contributed by atoms with Crippen molar-refractivity contribution in [3.05, 3.63) is 24.3 Å². The first-order valence-corrected chi connectivity index (χ1v) is 7.39. The van der Waals surface area contributed by atoms with Crippen molar-refractivity contribution in [1.29, 1.82) is 0 Å². The molecule has 0 aliphatic heterocycles. The molecule has 1 amide bonds. The first-order chi connectivity index (χ1) is 9.75. The predicted molar refractivity (Wildman–Crippen MR) is 76.4 cm³/mol. The standard InChI is InChI=1S/C16H18N2O2/c1-18(15(19)14-10-6-2-3-7-11(10)14)16-17-12-8-4-5-9-13(12)20-16/h4-5,8-11,14H,2-3,6-7H2,1H3/t10-,11-/m1/s1. The number of hydrogen-bond acceptors (Lipinski definition) is 3. The quantitative estimate of drug-likeness (QED) is 0.841. The van der Waals surface area contributed by atoms with Gasteiger partial charge < -0.3 is 4.42 Å². The van der Waals surface area contributed by atoms with Gasteiger partial charge in [-0.3, -0.25) is 9.69 Å². The molecule has 0 bridgehead atoms. The molecule has 2 saturated carbocycles. The smallest absolute Gasteiger partial charge is 0.304 e. The van der Waals surface area contributed by atoms with Crippen molar-refractivity contribution in [1.82, 2.24) is 4.98 Å². The van der Waals surface area contributed by atoms with Crippen LogP contribution in [-0.4, -0.2) is 17.9 Å². The fourth-order valence-electron chi connectivity index (χ4n) is 3.68. The number of amides is 1. The van der Waals surface area contributed by atoms with Crippen LogP contribution in [0.2, 0.25) is 0 Å². The SMILES string of the molecule is CN(C(=O)C1[C@@H]2CCCC[C@@H]12)c1nc2ccccc2o1. The number of aromatic nitrogens is 1. The molecule has 2 aliphatic carbocycles. The Balaban J connectivity index is 1.57. The molecule has 0 saturated heterocycles. The molecule has 104 valence electrons. The number of fused-ring (bicyclic) bond motifs is 2. The van der Waals surface area contributed by atoms with E-state index in [1.54, 1.807) is 11.9 Å². The molecule has 2 fully saturated rings. The number of rotatable bonds is 2. The average Bonchev–Trinajstić information content (AvgIpc) is 3.05. The van der Waals surface area contributed by atoms with E-state index in [0.717, 1.165) is 11.1 Å². The zero-order valence-corrected chi connectivity index (χ0v) is 11.6. The third kappa shape index (κ3) is 1.74. The summed E-state index contributed by atoms with van der Waals surface area (Å²) in [7, 11) is 1.78. The molecule has 4 rings (SSSR count). The number of benzene rings is 1. The Labute approximate surface area is 117 Å². The number of oxazole rings is 1. The van der Waals surface area contributed by atoms with Crippen LogP contribution in [0.3, 0.4) is 0 Å². The number of carbonyl (C=O) groups excluding carboxylic acids is 1. The number of nitrogens with zero attached hydrogens (tertiary/aromatic N) is 2. The molecule has 0 spiro atoms. The Morgan fingerprint density at radius 2 is 1.95 bits per heavy atom. The second-order valence-corrected chi connectivity index (χ2v) is 6.00. The van der Waals surface area contributed by atoms with Gasteiger partial charge in [0.25, 0.3) is 0 Å². The summed E-state index contributed by atoms with van der Waals surface area (Å²) in [5.41, 5.74) is 1.53. The van der Waals surface area contributed by atoms with Crippen LogP contribution in [0, 0.1) is 17.8 Å². The first-order valence-electron chi connectivity index (χ1n) is 7.39. The second-order valence-electron chi connectivity index (χ2n) is 6.00. The lowest BCUT2D eigenvalue weighted by atomic mass is 10.0. The van der Waals surface area contributed by atoms with Gasteiger partial charge in [0.2, 0.25) is 5.91 Å². The Hall–Kier alpha value is -1.84. The van der Waals surface area contributed by atoms with Crippen molar-refractivity contribution in [2.45, 2.75) is 25.7 Å². The molecule has 2 atom stereocenters. The van der Waals surface area contributed by atoms with Gasteiger partial charge in [-0.05, 0) is 36.8 Å². The summed E-state index contributed by atoms with van der Waals surface area (Å²) in [4.78, 5) is 18.6. The van der Waals surface area contributed by atoms with Gasteiger partial charge in [-0.15, -0.1) is 0 Å². The Morgan fingerprint density at radius 1 is 1.25 bits per heavy atom. The van der Waals surface area contributed by atoms with E-state index in [0.29, 0.717) is 17.9 Å². The maximum Gasteiger partial charge on any atom is 0.304 e. The van der Waals surface area contributed by atoms with Gasteiger partial charge in [-0.1, -0.05) is 25.0 Å². The maximum atomic E-state index is 12.6. The van der Waals surface area contributed by atoms with Gasteiger partial charge in [0, 0.05) is 13.0 Å². The van der Waals surface area contributed by atoms with Crippen LogP contribution in [0.5, 0.6) is 0 Å². The molecule has 20 heavy (non-hydrogen) atoms. The van der Waals surface area contributed by atoms with Crippen molar-refractivity contribution in [3.63, 3.8) is 0 Å². The lowest BCUT2D eigenvalue weighted by Gasteiger charge is -2.12. The van der Waals surface area contributed by atoms with Crippen LogP contribution in [0.1, 0.15) is 25.7 Å². The van der Waals surface area contributed by atoms with Crippen LogP contribution in [0.4, 0.5) is 6.01 Å². The Kier molecular flexibility index (Phi) is 2.59. The molecule has 1 aromatic heterocycles. The van der Waals surface area contributed by atoms with E-state index in [1.165, 1.54) is 25.7 Å². The summed E-state index contributed by atoms with van der Waals surface area (Å²) in [6, 6.07) is 8.03. The van der Waals surface area contributed by atoms with Crippen molar-refractivity contribution in [3.8, 4) is 0 Å². The summed E-state index contributed by atoms with van der Waals surface area (Å²) >= 11 is 0. The molecule has 0 radical (unpaired) electrons. The summed E-state index contributed by atoms with van der Waals surface area (Å²) in [6.07, 6.45) is 4.97. The van der Waals surface area contributed by atoms with Gasteiger partial charge in [0.05, 0.1) is 0 Å². The van der Waals surface area contributed by atoms with Crippen LogP contribution in [-0.2, 0) is 4.79 Å². The van der Waals surface area contributed by atoms with Gasteiger partial charge in [0.1, 0.15) is 5.52 Å². The van der Waals surface area contributed by atoms with Gasteiger partial charge in [-0.2, -0.15) is 4.98 Å². The monoisotopic (exact) mass is 270 g/mol. The van der Waals surface area contributed by atoms with E-state index in [2.05, 4.69) is 4.98 Å². The third-order valence-corrected chi connectivity index (χ3v) is 4.84. The highest BCUT2D eigenvalue weighted by Crippen LogP contribution is 2.56. The summed E-state index contributed by atoms with van der Waals surface area (Å²) < 4.78 is 5.68. The van der Waals surface area contributed by atoms with E-state index < -0.39 is 0 Å². The van der Waals surface area contributed by atoms with E-state index in [1.807, 2.05) is 24.3 Å². The highest BCUT2D eigenvalue weighted by Gasteiger charge is 2.55. The number of carbonyl (C=O) groups is 1. The molecular weight excluding hydrogens is 252 g/mol. The summed E-state index contributed by atoms with van der Waals surface area (Å²) in [5.74, 6) is 1.61.